The predicted molar refractivity (Wildman–Crippen MR) is 77.4 cm³/mol. The maximum Gasteiger partial charge on any atom is 0.326 e. The monoisotopic (exact) mass is 337 g/mol. The molecule has 4 nitrogen and oxygen atoms in total. The van der Waals surface area contributed by atoms with Gasteiger partial charge >= 0.3 is 5.97 Å². The molecule has 106 valence electrons. The molecule has 0 aromatic heterocycles. The Morgan fingerprint density at radius 1 is 1.25 bits per heavy atom. The Morgan fingerprint density at radius 2 is 1.95 bits per heavy atom. The first kappa shape index (κ1) is 13.6. The van der Waals surface area contributed by atoms with E-state index < -0.39 is 12.0 Å². The average molecular weight is 338 g/mol. The molecule has 1 aliphatic heterocycles. The first-order valence-electron chi connectivity index (χ1n) is 6.86. The van der Waals surface area contributed by atoms with E-state index in [0.717, 1.165) is 22.9 Å². The van der Waals surface area contributed by atoms with Crippen LogP contribution in [0.15, 0.2) is 28.7 Å². The summed E-state index contributed by atoms with van der Waals surface area (Å²) in [6, 6.07) is 7.39. The Kier molecular flexibility index (Phi) is 3.54. The van der Waals surface area contributed by atoms with Crippen LogP contribution in [0.2, 0.25) is 0 Å². The minimum atomic E-state index is -0.878. The van der Waals surface area contributed by atoms with Crippen LogP contribution in [0.4, 0.5) is 0 Å². The standard InChI is InChI=1S/C15H16BrNO3/c16-10-5-3-9(4-6-10)11-8-12(11)14(18)17-7-1-2-13(17)15(19)20/h3-6,11-13H,1-2,7-8H2,(H,19,20)/t11?,12?,13-/m1/s1. The van der Waals surface area contributed by atoms with Crippen molar-refractivity contribution >= 4 is 27.8 Å². The van der Waals surface area contributed by atoms with E-state index in [1.807, 2.05) is 24.3 Å². The average Bonchev–Trinajstić information content (AvgIpc) is 3.06. The molecule has 5 heteroatoms. The summed E-state index contributed by atoms with van der Waals surface area (Å²) >= 11 is 3.40. The van der Waals surface area contributed by atoms with E-state index in [4.69, 9.17) is 5.11 Å². The van der Waals surface area contributed by atoms with Gasteiger partial charge in [0.2, 0.25) is 5.91 Å². The van der Waals surface area contributed by atoms with E-state index in [0.29, 0.717) is 13.0 Å². The Morgan fingerprint density at radius 3 is 2.60 bits per heavy atom. The van der Waals surface area contributed by atoms with E-state index >= 15 is 0 Å². The van der Waals surface area contributed by atoms with Crippen molar-refractivity contribution in [3.8, 4) is 0 Å². The first-order valence-corrected chi connectivity index (χ1v) is 7.66. The lowest BCUT2D eigenvalue weighted by atomic mass is 10.1. The molecule has 2 aliphatic rings. The maximum atomic E-state index is 12.4. The van der Waals surface area contributed by atoms with Crippen LogP contribution in [0.25, 0.3) is 0 Å². The predicted octanol–water partition coefficient (Wildman–Crippen LogP) is 2.63. The molecule has 0 radical (unpaired) electrons. The highest BCUT2D eigenvalue weighted by Crippen LogP contribution is 2.49. The molecule has 2 unspecified atom stereocenters. The van der Waals surface area contributed by atoms with Crippen LogP contribution in [0, 0.1) is 5.92 Å². The van der Waals surface area contributed by atoms with Crippen LogP contribution >= 0.6 is 15.9 Å². The lowest BCUT2D eigenvalue weighted by Crippen LogP contribution is -2.41. The summed E-state index contributed by atoms with van der Waals surface area (Å²) in [4.78, 5) is 25.1. The number of carbonyl (C=O) groups is 2. The van der Waals surface area contributed by atoms with E-state index in [2.05, 4.69) is 15.9 Å². The van der Waals surface area contributed by atoms with Crippen LogP contribution in [0.5, 0.6) is 0 Å². The molecule has 0 spiro atoms. The zero-order valence-corrected chi connectivity index (χ0v) is 12.5. The highest BCUT2D eigenvalue weighted by atomic mass is 79.9. The summed E-state index contributed by atoms with van der Waals surface area (Å²) in [5.74, 6) is -0.638. The number of carboxylic acids is 1. The Hall–Kier alpha value is -1.36. The third-order valence-corrected chi connectivity index (χ3v) is 4.76. The number of halogens is 1. The number of carbonyl (C=O) groups excluding carboxylic acids is 1. The van der Waals surface area contributed by atoms with Crippen molar-refractivity contribution in [2.75, 3.05) is 6.54 Å². The molecule has 1 aliphatic carbocycles. The molecule has 1 heterocycles. The molecule has 1 amide bonds. The van der Waals surface area contributed by atoms with Gasteiger partial charge in [0, 0.05) is 16.9 Å². The van der Waals surface area contributed by atoms with Gasteiger partial charge in [0.25, 0.3) is 0 Å². The van der Waals surface area contributed by atoms with Crippen LogP contribution in [0.1, 0.15) is 30.7 Å². The second kappa shape index (κ2) is 5.20. The molecule has 1 N–H and O–H groups in total. The maximum absolute atomic E-state index is 12.4. The van der Waals surface area contributed by atoms with E-state index in [1.54, 1.807) is 4.90 Å². The third-order valence-electron chi connectivity index (χ3n) is 4.23. The summed E-state index contributed by atoms with van der Waals surface area (Å²) in [5.41, 5.74) is 1.16. The number of benzene rings is 1. The fourth-order valence-electron chi connectivity index (χ4n) is 3.05. The number of hydrogen-bond donors (Lipinski definition) is 1. The van der Waals surface area contributed by atoms with Gasteiger partial charge in [-0.2, -0.15) is 0 Å². The number of amides is 1. The molecule has 3 atom stereocenters. The van der Waals surface area contributed by atoms with Crippen LogP contribution in [0.3, 0.4) is 0 Å². The van der Waals surface area contributed by atoms with Crippen molar-refractivity contribution < 1.29 is 14.7 Å². The molecule has 0 bridgehead atoms. The van der Waals surface area contributed by atoms with Gasteiger partial charge in [-0.05, 0) is 42.9 Å². The first-order chi connectivity index (χ1) is 9.58. The van der Waals surface area contributed by atoms with Gasteiger partial charge in [-0.3, -0.25) is 4.79 Å². The minimum absolute atomic E-state index is 0.0165. The number of aliphatic carboxylic acids is 1. The number of likely N-dealkylation sites (tertiary alicyclic amines) is 1. The molecular formula is C15H16BrNO3. The lowest BCUT2D eigenvalue weighted by molar-refractivity contribution is -0.148. The normalized spacial score (nSPS) is 28.4. The molecule has 20 heavy (non-hydrogen) atoms. The lowest BCUT2D eigenvalue weighted by Gasteiger charge is -2.21. The Labute approximate surface area is 125 Å². The van der Waals surface area contributed by atoms with E-state index in [1.165, 1.54) is 0 Å². The van der Waals surface area contributed by atoms with Crippen molar-refractivity contribution in [2.24, 2.45) is 5.92 Å². The second-order valence-corrected chi connectivity index (χ2v) is 6.44. The van der Waals surface area contributed by atoms with Crippen molar-refractivity contribution in [2.45, 2.75) is 31.2 Å². The molecule has 1 saturated carbocycles. The van der Waals surface area contributed by atoms with Gasteiger partial charge in [-0.1, -0.05) is 28.1 Å². The van der Waals surface area contributed by atoms with Crippen LogP contribution < -0.4 is 0 Å². The fourth-order valence-corrected chi connectivity index (χ4v) is 3.31. The number of rotatable bonds is 3. The largest absolute Gasteiger partial charge is 0.480 e. The molecule has 1 saturated heterocycles. The van der Waals surface area contributed by atoms with Gasteiger partial charge < -0.3 is 10.0 Å². The summed E-state index contributed by atoms with van der Waals surface area (Å²) in [6.45, 7) is 0.583. The van der Waals surface area contributed by atoms with Gasteiger partial charge in [0.1, 0.15) is 6.04 Å². The van der Waals surface area contributed by atoms with Gasteiger partial charge in [0.05, 0.1) is 0 Å². The van der Waals surface area contributed by atoms with Crippen molar-refractivity contribution in [3.05, 3.63) is 34.3 Å². The van der Waals surface area contributed by atoms with Gasteiger partial charge in [-0.15, -0.1) is 0 Å². The molecule has 3 rings (SSSR count). The van der Waals surface area contributed by atoms with E-state index in [-0.39, 0.29) is 17.7 Å². The highest BCUT2D eigenvalue weighted by molar-refractivity contribution is 9.10. The quantitative estimate of drug-likeness (QED) is 0.922. The van der Waals surface area contributed by atoms with Gasteiger partial charge in [-0.25, -0.2) is 4.79 Å². The summed E-state index contributed by atoms with van der Waals surface area (Å²) in [7, 11) is 0. The fraction of sp³-hybridized carbons (Fsp3) is 0.467. The summed E-state index contributed by atoms with van der Waals surface area (Å²) in [5, 5.41) is 9.15. The SMILES string of the molecule is O=C(O)[C@H]1CCCN1C(=O)C1CC1c1ccc(Br)cc1. The molecular weight excluding hydrogens is 322 g/mol. The van der Waals surface area contributed by atoms with Crippen LogP contribution in [-0.2, 0) is 9.59 Å². The number of nitrogens with zero attached hydrogens (tertiary/aromatic N) is 1. The van der Waals surface area contributed by atoms with Crippen molar-refractivity contribution in [1.29, 1.82) is 0 Å². The third kappa shape index (κ3) is 2.46. The number of carboxylic acid groups (broad SMARTS) is 1. The summed E-state index contributed by atoms with van der Waals surface area (Å²) in [6.07, 6.45) is 2.21. The smallest absolute Gasteiger partial charge is 0.326 e. The second-order valence-electron chi connectivity index (χ2n) is 5.53. The topological polar surface area (TPSA) is 57.6 Å². The molecule has 2 fully saturated rings. The van der Waals surface area contributed by atoms with Crippen molar-refractivity contribution in [3.63, 3.8) is 0 Å². The minimum Gasteiger partial charge on any atom is -0.480 e. The highest BCUT2D eigenvalue weighted by Gasteiger charge is 2.48. The van der Waals surface area contributed by atoms with Crippen molar-refractivity contribution in [1.82, 2.24) is 4.90 Å². The number of hydrogen-bond acceptors (Lipinski definition) is 2. The Balaban J connectivity index is 1.68. The molecule has 1 aromatic rings. The summed E-state index contributed by atoms with van der Waals surface area (Å²) < 4.78 is 1.02. The van der Waals surface area contributed by atoms with E-state index in [9.17, 15) is 9.59 Å². The zero-order valence-electron chi connectivity index (χ0n) is 11.0. The zero-order chi connectivity index (χ0) is 14.3. The Bertz CT molecular complexity index is 543. The van der Waals surface area contributed by atoms with Crippen LogP contribution in [-0.4, -0.2) is 34.5 Å². The molecule has 1 aromatic carbocycles. The van der Waals surface area contributed by atoms with Gasteiger partial charge in [0.15, 0.2) is 0 Å².